The topological polar surface area (TPSA) is 63.8 Å². The summed E-state index contributed by atoms with van der Waals surface area (Å²) in [6.45, 7) is 1.92. The number of hydrogen-bond acceptors (Lipinski definition) is 4. The Morgan fingerprint density at radius 2 is 2.00 bits per heavy atom. The number of rotatable bonds is 6. The van der Waals surface area contributed by atoms with Gasteiger partial charge in [0.1, 0.15) is 17.3 Å². The first kappa shape index (κ1) is 17.9. The minimum absolute atomic E-state index is 0.109. The smallest absolute Gasteiger partial charge is 0.277 e. The molecule has 1 aromatic heterocycles. The second-order valence-corrected chi connectivity index (χ2v) is 6.42. The van der Waals surface area contributed by atoms with Gasteiger partial charge in [-0.2, -0.15) is 5.10 Å². The van der Waals surface area contributed by atoms with E-state index in [0.717, 1.165) is 21.4 Å². The van der Waals surface area contributed by atoms with Gasteiger partial charge in [-0.05, 0) is 42.8 Å². The largest absolute Gasteiger partial charge is 0.484 e. The first-order chi connectivity index (χ1) is 12.6. The molecule has 3 aromatic rings. The number of carbonyl (C=O) groups is 1. The Morgan fingerprint density at radius 1 is 1.19 bits per heavy atom. The molecule has 1 amide bonds. The molecule has 26 heavy (non-hydrogen) atoms. The van der Waals surface area contributed by atoms with Crippen LogP contribution >= 0.6 is 15.9 Å². The predicted octanol–water partition coefficient (Wildman–Crippen LogP) is 4.55. The van der Waals surface area contributed by atoms with Crippen LogP contribution in [0.1, 0.15) is 11.3 Å². The fourth-order valence-electron chi connectivity index (χ4n) is 2.19. The number of hydrazone groups is 1. The molecule has 0 aliphatic carbocycles. The van der Waals surface area contributed by atoms with Crippen molar-refractivity contribution in [1.82, 2.24) is 5.43 Å². The van der Waals surface area contributed by atoms with E-state index in [-0.39, 0.29) is 12.5 Å². The summed E-state index contributed by atoms with van der Waals surface area (Å²) in [6, 6.07) is 18.8. The molecular weight excluding hydrogens is 396 g/mol. The molecule has 0 fully saturated rings. The van der Waals surface area contributed by atoms with Crippen molar-refractivity contribution in [3.63, 3.8) is 0 Å². The van der Waals surface area contributed by atoms with Crippen molar-refractivity contribution in [3.8, 4) is 17.1 Å². The zero-order chi connectivity index (χ0) is 18.4. The van der Waals surface area contributed by atoms with Crippen molar-refractivity contribution in [2.75, 3.05) is 6.61 Å². The van der Waals surface area contributed by atoms with Gasteiger partial charge in [0.15, 0.2) is 6.61 Å². The highest BCUT2D eigenvalue weighted by molar-refractivity contribution is 9.10. The van der Waals surface area contributed by atoms with Gasteiger partial charge in [-0.3, -0.25) is 4.79 Å². The average molecular weight is 413 g/mol. The number of nitrogens with one attached hydrogen (secondary N) is 1. The van der Waals surface area contributed by atoms with Crippen LogP contribution in [0.5, 0.6) is 5.75 Å². The molecular formula is C20H17BrN2O3. The van der Waals surface area contributed by atoms with Crippen LogP contribution in [0.4, 0.5) is 0 Å². The van der Waals surface area contributed by atoms with Gasteiger partial charge in [-0.1, -0.05) is 46.3 Å². The van der Waals surface area contributed by atoms with E-state index in [1.807, 2.05) is 49.4 Å². The van der Waals surface area contributed by atoms with Gasteiger partial charge < -0.3 is 9.15 Å². The van der Waals surface area contributed by atoms with Crippen molar-refractivity contribution in [2.24, 2.45) is 5.10 Å². The molecule has 3 rings (SSSR count). The van der Waals surface area contributed by atoms with Crippen LogP contribution in [0.25, 0.3) is 11.3 Å². The highest BCUT2D eigenvalue weighted by Crippen LogP contribution is 2.26. The number of halogens is 1. The van der Waals surface area contributed by atoms with E-state index in [4.69, 9.17) is 9.15 Å². The third-order valence-corrected chi connectivity index (χ3v) is 4.43. The number of amides is 1. The van der Waals surface area contributed by atoms with Crippen LogP contribution in [0.3, 0.4) is 0 Å². The van der Waals surface area contributed by atoms with E-state index in [9.17, 15) is 4.79 Å². The lowest BCUT2D eigenvalue weighted by Crippen LogP contribution is -2.24. The zero-order valence-electron chi connectivity index (χ0n) is 14.1. The normalized spacial score (nSPS) is 10.8. The molecule has 0 saturated heterocycles. The molecule has 0 saturated carbocycles. The molecule has 0 unspecified atom stereocenters. The van der Waals surface area contributed by atoms with Crippen LogP contribution < -0.4 is 10.2 Å². The van der Waals surface area contributed by atoms with Gasteiger partial charge >= 0.3 is 0 Å². The first-order valence-corrected chi connectivity index (χ1v) is 8.77. The van der Waals surface area contributed by atoms with Gasteiger partial charge in [0.2, 0.25) is 0 Å². The van der Waals surface area contributed by atoms with Crippen LogP contribution in [0, 0.1) is 6.92 Å². The number of nitrogens with zero attached hydrogens (tertiary/aromatic N) is 1. The zero-order valence-corrected chi connectivity index (χ0v) is 15.7. The molecule has 132 valence electrons. The third kappa shape index (κ3) is 4.83. The Bertz CT molecular complexity index is 920. The van der Waals surface area contributed by atoms with Gasteiger partial charge in [-0.15, -0.1) is 0 Å². The van der Waals surface area contributed by atoms with Gasteiger partial charge in [-0.25, -0.2) is 5.43 Å². The standard InChI is InChI=1S/C20H17BrN2O3/c1-14-7-8-15(11-18(14)21)19-10-9-17(26-19)12-22-23-20(24)13-25-16-5-3-2-4-6-16/h2-12H,13H2,1H3,(H,23,24)/b22-12-. The summed E-state index contributed by atoms with van der Waals surface area (Å²) in [5.74, 6) is 1.55. The summed E-state index contributed by atoms with van der Waals surface area (Å²) in [6.07, 6.45) is 1.45. The molecule has 6 heteroatoms. The molecule has 1 N–H and O–H groups in total. The minimum Gasteiger partial charge on any atom is -0.484 e. The molecule has 0 radical (unpaired) electrons. The van der Waals surface area contributed by atoms with Crippen molar-refractivity contribution in [3.05, 3.63) is 76.5 Å². The SMILES string of the molecule is Cc1ccc(-c2ccc(/C=N\NC(=O)COc3ccccc3)o2)cc1Br. The van der Waals surface area contributed by atoms with E-state index in [1.54, 1.807) is 18.2 Å². The van der Waals surface area contributed by atoms with E-state index in [2.05, 4.69) is 26.5 Å². The number of ether oxygens (including phenoxy) is 1. The molecule has 0 bridgehead atoms. The molecule has 2 aromatic carbocycles. The first-order valence-electron chi connectivity index (χ1n) is 7.98. The summed E-state index contributed by atoms with van der Waals surface area (Å²) < 4.78 is 12.1. The predicted molar refractivity (Wildman–Crippen MR) is 104 cm³/mol. The Morgan fingerprint density at radius 3 is 2.77 bits per heavy atom. The molecule has 0 spiro atoms. The molecule has 5 nitrogen and oxygen atoms in total. The number of aryl methyl sites for hydroxylation is 1. The van der Waals surface area contributed by atoms with Gasteiger partial charge in [0.05, 0.1) is 6.21 Å². The Hall–Kier alpha value is -2.86. The Labute approximate surface area is 159 Å². The summed E-state index contributed by atoms with van der Waals surface area (Å²) >= 11 is 3.51. The van der Waals surface area contributed by atoms with Crippen LogP contribution in [0.15, 0.2) is 74.7 Å². The quantitative estimate of drug-likeness (QED) is 0.477. The average Bonchev–Trinajstić information content (AvgIpc) is 3.12. The number of carbonyl (C=O) groups excluding carboxylic acids is 1. The highest BCUT2D eigenvalue weighted by atomic mass is 79.9. The highest BCUT2D eigenvalue weighted by Gasteiger charge is 2.06. The molecule has 1 heterocycles. The van der Waals surface area contributed by atoms with Crippen LogP contribution in [-0.2, 0) is 4.79 Å². The maximum absolute atomic E-state index is 11.7. The summed E-state index contributed by atoms with van der Waals surface area (Å²) in [5, 5.41) is 3.88. The van der Waals surface area contributed by atoms with E-state index in [1.165, 1.54) is 6.21 Å². The lowest BCUT2D eigenvalue weighted by molar-refractivity contribution is -0.123. The summed E-state index contributed by atoms with van der Waals surface area (Å²) in [7, 11) is 0. The Kier molecular flexibility index (Phi) is 5.86. The van der Waals surface area contributed by atoms with Crippen molar-refractivity contribution >= 4 is 28.1 Å². The van der Waals surface area contributed by atoms with E-state index < -0.39 is 0 Å². The van der Waals surface area contributed by atoms with Crippen molar-refractivity contribution < 1.29 is 13.9 Å². The van der Waals surface area contributed by atoms with E-state index >= 15 is 0 Å². The molecule has 0 aliphatic heterocycles. The van der Waals surface area contributed by atoms with Gasteiger partial charge in [0.25, 0.3) is 5.91 Å². The van der Waals surface area contributed by atoms with Crippen molar-refractivity contribution in [1.29, 1.82) is 0 Å². The summed E-state index contributed by atoms with van der Waals surface area (Å²) in [4.78, 5) is 11.7. The lowest BCUT2D eigenvalue weighted by atomic mass is 10.1. The van der Waals surface area contributed by atoms with Crippen LogP contribution in [0.2, 0.25) is 0 Å². The maximum Gasteiger partial charge on any atom is 0.277 e. The maximum atomic E-state index is 11.7. The molecule has 0 atom stereocenters. The van der Waals surface area contributed by atoms with Crippen molar-refractivity contribution in [2.45, 2.75) is 6.92 Å². The van der Waals surface area contributed by atoms with Crippen LogP contribution in [-0.4, -0.2) is 18.7 Å². The number of para-hydroxylation sites is 1. The number of furan rings is 1. The number of hydrogen-bond donors (Lipinski definition) is 1. The molecule has 0 aliphatic rings. The number of benzene rings is 2. The lowest BCUT2D eigenvalue weighted by Gasteiger charge is -2.03. The fraction of sp³-hybridized carbons (Fsp3) is 0.100. The Balaban J connectivity index is 1.53. The monoisotopic (exact) mass is 412 g/mol. The minimum atomic E-state index is -0.348. The second-order valence-electron chi connectivity index (χ2n) is 5.56. The fourth-order valence-corrected chi connectivity index (χ4v) is 2.57. The second kappa shape index (κ2) is 8.49. The third-order valence-electron chi connectivity index (χ3n) is 3.58. The summed E-state index contributed by atoms with van der Waals surface area (Å²) in [5.41, 5.74) is 4.52. The van der Waals surface area contributed by atoms with E-state index in [0.29, 0.717) is 11.5 Å². The van der Waals surface area contributed by atoms with Gasteiger partial charge in [0, 0.05) is 10.0 Å².